The summed E-state index contributed by atoms with van der Waals surface area (Å²) in [6.07, 6.45) is 0.860. The number of benzene rings is 3. The summed E-state index contributed by atoms with van der Waals surface area (Å²) in [5.41, 5.74) is 2.28. The molecule has 0 radical (unpaired) electrons. The van der Waals surface area contributed by atoms with Crippen LogP contribution < -0.4 is 19.7 Å². The van der Waals surface area contributed by atoms with E-state index in [9.17, 15) is 14.4 Å². The lowest BCUT2D eigenvalue weighted by atomic mass is 10.1. The molecule has 0 aliphatic carbocycles. The van der Waals surface area contributed by atoms with E-state index in [2.05, 4.69) is 5.32 Å². The van der Waals surface area contributed by atoms with E-state index in [1.54, 1.807) is 41.3 Å². The molecule has 8 heteroatoms. The first-order valence-corrected chi connectivity index (χ1v) is 11.3. The second kappa shape index (κ2) is 11.2. The molecule has 180 valence electrons. The predicted molar refractivity (Wildman–Crippen MR) is 131 cm³/mol. The highest BCUT2D eigenvalue weighted by molar-refractivity contribution is 5.99. The van der Waals surface area contributed by atoms with Crippen molar-refractivity contribution in [3.8, 4) is 11.5 Å². The lowest BCUT2D eigenvalue weighted by molar-refractivity contribution is -0.121. The summed E-state index contributed by atoms with van der Waals surface area (Å²) in [7, 11) is 1.32. The van der Waals surface area contributed by atoms with Crippen LogP contribution in [0.1, 0.15) is 28.8 Å². The van der Waals surface area contributed by atoms with E-state index in [-0.39, 0.29) is 25.0 Å². The average molecular weight is 475 g/mol. The Labute approximate surface area is 203 Å². The first kappa shape index (κ1) is 23.8. The summed E-state index contributed by atoms with van der Waals surface area (Å²) in [4.78, 5) is 38.6. The molecule has 2 amide bonds. The smallest absolute Gasteiger partial charge is 0.337 e. The van der Waals surface area contributed by atoms with E-state index in [1.165, 1.54) is 7.11 Å². The summed E-state index contributed by atoms with van der Waals surface area (Å²) in [5.74, 6) is 0.497. The molecule has 4 rings (SSSR count). The molecule has 0 saturated carbocycles. The number of amides is 2. The molecule has 35 heavy (non-hydrogen) atoms. The van der Waals surface area contributed by atoms with Crippen molar-refractivity contribution in [1.82, 2.24) is 0 Å². The Balaban J connectivity index is 1.40. The molecule has 3 aromatic rings. The van der Waals surface area contributed by atoms with Crippen molar-refractivity contribution in [3.63, 3.8) is 0 Å². The van der Waals surface area contributed by atoms with Crippen molar-refractivity contribution < 1.29 is 28.6 Å². The van der Waals surface area contributed by atoms with Gasteiger partial charge in [0, 0.05) is 12.1 Å². The van der Waals surface area contributed by atoms with Crippen molar-refractivity contribution in [3.05, 3.63) is 83.9 Å². The standard InChI is InChI=1S/C27H26N2O6/c1-33-27(32)20-8-5-7-19(15-20)17-29-23-16-21(12-13-24(23)35-18-26(29)31)28-25(30)11-6-14-34-22-9-3-2-4-10-22/h2-5,7-10,12-13,15-16H,6,11,14,17-18H2,1H3,(H,28,30). The van der Waals surface area contributed by atoms with Crippen LogP contribution in [0.25, 0.3) is 0 Å². The van der Waals surface area contributed by atoms with Gasteiger partial charge in [-0.25, -0.2) is 4.79 Å². The molecular formula is C27H26N2O6. The number of fused-ring (bicyclic) bond motifs is 1. The highest BCUT2D eigenvalue weighted by atomic mass is 16.5. The minimum atomic E-state index is -0.445. The maximum Gasteiger partial charge on any atom is 0.337 e. The van der Waals surface area contributed by atoms with Crippen LogP contribution >= 0.6 is 0 Å². The molecule has 0 unspecified atom stereocenters. The summed E-state index contributed by atoms with van der Waals surface area (Å²) < 4.78 is 16.0. The third-order valence-corrected chi connectivity index (χ3v) is 5.43. The number of rotatable bonds is 9. The highest BCUT2D eigenvalue weighted by Gasteiger charge is 2.26. The Morgan fingerprint density at radius 2 is 1.86 bits per heavy atom. The van der Waals surface area contributed by atoms with E-state index in [1.807, 2.05) is 36.4 Å². The van der Waals surface area contributed by atoms with Gasteiger partial charge in [0.05, 0.1) is 31.5 Å². The number of para-hydroxylation sites is 1. The van der Waals surface area contributed by atoms with Gasteiger partial charge < -0.3 is 24.4 Å². The number of anilines is 2. The van der Waals surface area contributed by atoms with Crippen LogP contribution in [0.3, 0.4) is 0 Å². The van der Waals surface area contributed by atoms with Gasteiger partial charge in [0.1, 0.15) is 11.5 Å². The van der Waals surface area contributed by atoms with Gasteiger partial charge in [-0.05, 0) is 54.4 Å². The number of hydrogen-bond acceptors (Lipinski definition) is 6. The van der Waals surface area contributed by atoms with E-state index in [0.29, 0.717) is 42.1 Å². The minimum Gasteiger partial charge on any atom is -0.494 e. The molecule has 0 aromatic heterocycles. The Kier molecular flexibility index (Phi) is 7.62. The maximum atomic E-state index is 12.7. The summed E-state index contributed by atoms with van der Waals surface area (Å²) in [6.45, 7) is 0.591. The second-order valence-corrected chi connectivity index (χ2v) is 7.96. The quantitative estimate of drug-likeness (QED) is 0.369. The largest absolute Gasteiger partial charge is 0.494 e. The van der Waals surface area contributed by atoms with Gasteiger partial charge in [0.25, 0.3) is 5.91 Å². The van der Waals surface area contributed by atoms with Crippen molar-refractivity contribution in [2.24, 2.45) is 0 Å². The zero-order valence-corrected chi connectivity index (χ0v) is 19.4. The van der Waals surface area contributed by atoms with E-state index in [4.69, 9.17) is 14.2 Å². The fourth-order valence-electron chi connectivity index (χ4n) is 3.71. The van der Waals surface area contributed by atoms with Crippen molar-refractivity contribution in [1.29, 1.82) is 0 Å². The van der Waals surface area contributed by atoms with Gasteiger partial charge in [0.15, 0.2) is 6.61 Å². The number of ether oxygens (including phenoxy) is 3. The molecule has 0 spiro atoms. The Bertz CT molecular complexity index is 1210. The first-order valence-electron chi connectivity index (χ1n) is 11.3. The topological polar surface area (TPSA) is 94.2 Å². The maximum absolute atomic E-state index is 12.7. The van der Waals surface area contributed by atoms with Crippen LogP contribution in [-0.2, 0) is 20.9 Å². The molecule has 0 saturated heterocycles. The predicted octanol–water partition coefficient (Wildman–Crippen LogP) is 4.20. The van der Waals surface area contributed by atoms with Crippen molar-refractivity contribution in [2.45, 2.75) is 19.4 Å². The molecule has 0 bridgehead atoms. The second-order valence-electron chi connectivity index (χ2n) is 7.96. The van der Waals surface area contributed by atoms with Crippen LogP contribution in [0.5, 0.6) is 11.5 Å². The van der Waals surface area contributed by atoms with Crippen LogP contribution in [0.15, 0.2) is 72.8 Å². The van der Waals surface area contributed by atoms with Crippen molar-refractivity contribution in [2.75, 3.05) is 30.5 Å². The van der Waals surface area contributed by atoms with Gasteiger partial charge >= 0.3 is 5.97 Å². The SMILES string of the molecule is COC(=O)c1cccc(CN2C(=O)COc3ccc(NC(=O)CCCOc4ccccc4)cc32)c1. The number of esters is 1. The number of methoxy groups -OCH3 is 1. The van der Waals surface area contributed by atoms with Crippen LogP contribution in [0.4, 0.5) is 11.4 Å². The third kappa shape index (κ3) is 6.17. The minimum absolute atomic E-state index is 0.0865. The molecule has 1 N–H and O–H groups in total. The fraction of sp³-hybridized carbons (Fsp3) is 0.222. The molecule has 1 aliphatic heterocycles. The zero-order valence-electron chi connectivity index (χ0n) is 19.4. The van der Waals surface area contributed by atoms with Gasteiger partial charge in [-0.3, -0.25) is 9.59 Å². The Morgan fingerprint density at radius 1 is 1.03 bits per heavy atom. The lowest BCUT2D eigenvalue weighted by Gasteiger charge is -2.30. The van der Waals surface area contributed by atoms with Gasteiger partial charge in [-0.2, -0.15) is 0 Å². The molecule has 3 aromatic carbocycles. The van der Waals surface area contributed by atoms with E-state index >= 15 is 0 Å². The summed E-state index contributed by atoms with van der Waals surface area (Å²) in [5, 5.41) is 2.87. The average Bonchev–Trinajstić information content (AvgIpc) is 2.88. The number of hydrogen-bond donors (Lipinski definition) is 1. The van der Waals surface area contributed by atoms with Gasteiger partial charge in [-0.15, -0.1) is 0 Å². The summed E-state index contributed by atoms with van der Waals surface area (Å²) in [6, 6.07) is 21.5. The van der Waals surface area contributed by atoms with Crippen molar-refractivity contribution >= 4 is 29.2 Å². The molecular weight excluding hydrogens is 448 g/mol. The van der Waals surface area contributed by atoms with Crippen LogP contribution in [0, 0.1) is 0 Å². The Morgan fingerprint density at radius 3 is 2.66 bits per heavy atom. The van der Waals surface area contributed by atoms with Gasteiger partial charge in [0.2, 0.25) is 5.91 Å². The zero-order chi connectivity index (χ0) is 24.6. The normalized spacial score (nSPS) is 12.4. The number of nitrogens with zero attached hydrogens (tertiary/aromatic N) is 1. The summed E-state index contributed by atoms with van der Waals surface area (Å²) >= 11 is 0. The van der Waals surface area contributed by atoms with Crippen LogP contribution in [0.2, 0.25) is 0 Å². The molecule has 0 atom stereocenters. The highest BCUT2D eigenvalue weighted by Crippen LogP contribution is 2.35. The van der Waals surface area contributed by atoms with E-state index < -0.39 is 5.97 Å². The van der Waals surface area contributed by atoms with Gasteiger partial charge in [-0.1, -0.05) is 30.3 Å². The third-order valence-electron chi connectivity index (χ3n) is 5.43. The first-order chi connectivity index (χ1) is 17.0. The Hall–Kier alpha value is -4.33. The molecule has 8 nitrogen and oxygen atoms in total. The molecule has 0 fully saturated rings. The van der Waals surface area contributed by atoms with Crippen LogP contribution in [-0.4, -0.2) is 38.1 Å². The number of carbonyl (C=O) groups is 3. The lowest BCUT2D eigenvalue weighted by Crippen LogP contribution is -2.38. The number of carbonyl (C=O) groups excluding carboxylic acids is 3. The monoisotopic (exact) mass is 474 g/mol. The molecule has 1 heterocycles. The van der Waals surface area contributed by atoms with E-state index in [0.717, 1.165) is 11.3 Å². The fourth-order valence-corrected chi connectivity index (χ4v) is 3.71. The number of nitrogens with one attached hydrogen (secondary N) is 1. The molecule has 1 aliphatic rings.